The minimum Gasteiger partial charge on any atom is -0.368 e. The second-order valence-electron chi connectivity index (χ2n) is 5.76. The van der Waals surface area contributed by atoms with Crippen molar-refractivity contribution in [3.05, 3.63) is 70.7 Å². The van der Waals surface area contributed by atoms with Crippen LogP contribution in [-0.4, -0.2) is 11.8 Å². The maximum absolute atomic E-state index is 12.4. The molecule has 0 spiro atoms. The topological polar surface area (TPSA) is 72.2 Å². The summed E-state index contributed by atoms with van der Waals surface area (Å²) in [6.07, 6.45) is 0.756. The molecule has 3 rings (SSSR count). The molecule has 0 bridgehead atoms. The standard InChI is InChI=1S/C18H17ClN2O2/c19-13-8-4-7-12(9-13)14-10-15(14)18(23)21-16(17(20)22)11-5-2-1-3-6-11/h1-9,14-16H,10H2,(H2,20,22)(H,21,23)/t14-,15-,16+/m0/s1. The molecule has 0 saturated heterocycles. The van der Waals surface area contributed by atoms with E-state index in [0.29, 0.717) is 10.6 Å². The Labute approximate surface area is 139 Å². The highest BCUT2D eigenvalue weighted by Crippen LogP contribution is 2.48. The molecule has 0 aliphatic heterocycles. The Balaban J connectivity index is 1.68. The number of primary amides is 1. The van der Waals surface area contributed by atoms with Crippen molar-refractivity contribution < 1.29 is 9.59 Å². The van der Waals surface area contributed by atoms with Crippen LogP contribution in [0.2, 0.25) is 5.02 Å². The second kappa shape index (κ2) is 6.42. The van der Waals surface area contributed by atoms with Crippen LogP contribution in [0.3, 0.4) is 0 Å². The predicted octanol–water partition coefficient (Wildman–Crippen LogP) is 2.79. The van der Waals surface area contributed by atoms with Crippen molar-refractivity contribution in [2.45, 2.75) is 18.4 Å². The molecule has 0 unspecified atom stereocenters. The molecular formula is C18H17ClN2O2. The third-order valence-electron chi connectivity index (χ3n) is 4.11. The van der Waals surface area contributed by atoms with Crippen molar-refractivity contribution in [1.29, 1.82) is 0 Å². The first-order valence-electron chi connectivity index (χ1n) is 7.46. The summed E-state index contributed by atoms with van der Waals surface area (Å²) in [4.78, 5) is 24.1. The minimum absolute atomic E-state index is 0.140. The van der Waals surface area contributed by atoms with E-state index >= 15 is 0 Å². The number of halogens is 1. The molecule has 0 heterocycles. The first-order chi connectivity index (χ1) is 11.1. The van der Waals surface area contributed by atoms with E-state index in [9.17, 15) is 9.59 Å². The molecule has 2 amide bonds. The van der Waals surface area contributed by atoms with E-state index in [1.54, 1.807) is 18.2 Å². The number of hydrogen-bond acceptors (Lipinski definition) is 2. The summed E-state index contributed by atoms with van der Waals surface area (Å²) in [6.45, 7) is 0. The number of carbonyl (C=O) groups excluding carboxylic acids is 2. The molecule has 2 aromatic carbocycles. The van der Waals surface area contributed by atoms with Crippen LogP contribution >= 0.6 is 11.6 Å². The summed E-state index contributed by atoms with van der Waals surface area (Å²) in [5.41, 5.74) is 7.17. The van der Waals surface area contributed by atoms with Crippen molar-refractivity contribution in [2.75, 3.05) is 0 Å². The summed E-state index contributed by atoms with van der Waals surface area (Å²) in [7, 11) is 0. The van der Waals surface area contributed by atoms with Crippen molar-refractivity contribution in [1.82, 2.24) is 5.32 Å². The summed E-state index contributed by atoms with van der Waals surface area (Å²) in [5, 5.41) is 3.42. The number of amides is 2. The van der Waals surface area contributed by atoms with Gasteiger partial charge in [-0.05, 0) is 35.6 Å². The molecule has 1 fully saturated rings. The largest absolute Gasteiger partial charge is 0.368 e. The van der Waals surface area contributed by atoms with Crippen LogP contribution < -0.4 is 11.1 Å². The van der Waals surface area contributed by atoms with E-state index in [4.69, 9.17) is 17.3 Å². The van der Waals surface area contributed by atoms with Gasteiger partial charge in [-0.1, -0.05) is 54.1 Å². The SMILES string of the molecule is NC(=O)[C@H](NC(=O)[C@H]1C[C@H]1c1cccc(Cl)c1)c1ccccc1. The molecule has 0 radical (unpaired) electrons. The Hall–Kier alpha value is -2.33. The van der Waals surface area contributed by atoms with Gasteiger partial charge in [-0.15, -0.1) is 0 Å². The lowest BCUT2D eigenvalue weighted by atomic mass is 10.1. The van der Waals surface area contributed by atoms with Crippen molar-refractivity contribution in [3.8, 4) is 0 Å². The molecule has 23 heavy (non-hydrogen) atoms. The van der Waals surface area contributed by atoms with Crippen LogP contribution in [0.1, 0.15) is 29.5 Å². The Kier molecular flexibility index (Phi) is 4.35. The Morgan fingerprint density at radius 2 is 1.87 bits per heavy atom. The smallest absolute Gasteiger partial charge is 0.244 e. The van der Waals surface area contributed by atoms with Crippen molar-refractivity contribution >= 4 is 23.4 Å². The monoisotopic (exact) mass is 328 g/mol. The number of benzene rings is 2. The lowest BCUT2D eigenvalue weighted by Crippen LogP contribution is -2.38. The lowest BCUT2D eigenvalue weighted by molar-refractivity contribution is -0.128. The van der Waals surface area contributed by atoms with Gasteiger partial charge < -0.3 is 11.1 Å². The van der Waals surface area contributed by atoms with Gasteiger partial charge in [0, 0.05) is 10.9 Å². The lowest BCUT2D eigenvalue weighted by Gasteiger charge is -2.16. The first-order valence-corrected chi connectivity index (χ1v) is 7.84. The number of hydrogen-bond donors (Lipinski definition) is 2. The molecule has 3 N–H and O–H groups in total. The highest BCUT2D eigenvalue weighted by molar-refractivity contribution is 6.30. The molecule has 1 aliphatic rings. The third-order valence-corrected chi connectivity index (χ3v) is 4.34. The van der Waals surface area contributed by atoms with E-state index in [0.717, 1.165) is 12.0 Å². The quantitative estimate of drug-likeness (QED) is 0.885. The zero-order valence-corrected chi connectivity index (χ0v) is 13.2. The average molecular weight is 329 g/mol. The number of rotatable bonds is 5. The van der Waals surface area contributed by atoms with E-state index in [-0.39, 0.29) is 17.7 Å². The van der Waals surface area contributed by atoms with Crippen LogP contribution in [0.25, 0.3) is 0 Å². The van der Waals surface area contributed by atoms with Crippen LogP contribution in [0, 0.1) is 5.92 Å². The van der Waals surface area contributed by atoms with Crippen LogP contribution in [-0.2, 0) is 9.59 Å². The summed E-state index contributed by atoms with van der Waals surface area (Å²) in [5.74, 6) is -0.704. The van der Waals surface area contributed by atoms with Crippen molar-refractivity contribution in [3.63, 3.8) is 0 Å². The molecule has 5 heteroatoms. The Morgan fingerprint density at radius 1 is 1.13 bits per heavy atom. The predicted molar refractivity (Wildman–Crippen MR) is 88.8 cm³/mol. The van der Waals surface area contributed by atoms with Crippen LogP contribution in [0.5, 0.6) is 0 Å². The molecule has 2 aromatic rings. The molecule has 1 saturated carbocycles. The summed E-state index contributed by atoms with van der Waals surface area (Å²) < 4.78 is 0. The van der Waals surface area contributed by atoms with Gasteiger partial charge in [0.2, 0.25) is 11.8 Å². The molecule has 1 aliphatic carbocycles. The normalized spacial score (nSPS) is 20.6. The fourth-order valence-corrected chi connectivity index (χ4v) is 3.00. The van der Waals surface area contributed by atoms with Crippen LogP contribution in [0.15, 0.2) is 54.6 Å². The van der Waals surface area contributed by atoms with Crippen LogP contribution in [0.4, 0.5) is 0 Å². The average Bonchev–Trinajstić information content (AvgIpc) is 3.33. The van der Waals surface area contributed by atoms with E-state index in [1.165, 1.54) is 0 Å². The first kappa shape index (κ1) is 15.6. The van der Waals surface area contributed by atoms with Gasteiger partial charge in [0.05, 0.1) is 0 Å². The molecule has 0 aromatic heterocycles. The van der Waals surface area contributed by atoms with E-state index in [1.807, 2.05) is 36.4 Å². The fraction of sp³-hybridized carbons (Fsp3) is 0.222. The number of nitrogens with one attached hydrogen (secondary N) is 1. The third kappa shape index (κ3) is 3.54. The summed E-state index contributed by atoms with van der Waals surface area (Å²) >= 11 is 5.99. The fourth-order valence-electron chi connectivity index (χ4n) is 2.80. The van der Waals surface area contributed by atoms with Crippen molar-refractivity contribution in [2.24, 2.45) is 11.7 Å². The molecular weight excluding hydrogens is 312 g/mol. The molecule has 4 nitrogen and oxygen atoms in total. The van der Waals surface area contributed by atoms with E-state index < -0.39 is 11.9 Å². The zero-order valence-electron chi connectivity index (χ0n) is 12.4. The van der Waals surface area contributed by atoms with E-state index in [2.05, 4.69) is 5.32 Å². The van der Waals surface area contributed by atoms with Gasteiger partial charge in [0.15, 0.2) is 0 Å². The van der Waals surface area contributed by atoms with Gasteiger partial charge >= 0.3 is 0 Å². The maximum atomic E-state index is 12.4. The van der Waals surface area contributed by atoms with Gasteiger partial charge in [-0.3, -0.25) is 9.59 Å². The number of nitrogens with two attached hydrogens (primary N) is 1. The Morgan fingerprint density at radius 3 is 2.52 bits per heavy atom. The highest BCUT2D eigenvalue weighted by Gasteiger charge is 2.44. The van der Waals surface area contributed by atoms with Gasteiger partial charge in [0.1, 0.15) is 6.04 Å². The minimum atomic E-state index is -0.802. The van der Waals surface area contributed by atoms with Gasteiger partial charge in [-0.25, -0.2) is 0 Å². The van der Waals surface area contributed by atoms with Gasteiger partial charge in [-0.2, -0.15) is 0 Å². The zero-order chi connectivity index (χ0) is 16.4. The number of carbonyl (C=O) groups is 2. The molecule has 118 valence electrons. The second-order valence-corrected chi connectivity index (χ2v) is 6.19. The maximum Gasteiger partial charge on any atom is 0.244 e. The Bertz CT molecular complexity index is 733. The highest BCUT2D eigenvalue weighted by atomic mass is 35.5. The molecule has 3 atom stereocenters. The summed E-state index contributed by atoms with van der Waals surface area (Å²) in [6, 6.07) is 15.7. The van der Waals surface area contributed by atoms with Gasteiger partial charge in [0.25, 0.3) is 0 Å².